The van der Waals surface area contributed by atoms with E-state index in [-0.39, 0.29) is 18.5 Å². The second-order valence-electron chi connectivity index (χ2n) is 20.3. The zero-order valence-electron chi connectivity index (χ0n) is 44.9. The number of aliphatic hydroxyl groups excluding tert-OH is 2. The van der Waals surface area contributed by atoms with Crippen LogP contribution in [0.3, 0.4) is 0 Å². The van der Waals surface area contributed by atoms with E-state index in [4.69, 9.17) is 4.74 Å². The molecule has 0 aromatic rings. The molecule has 3 N–H and O–H groups in total. The maximum atomic E-state index is 12.5. The van der Waals surface area contributed by atoms with E-state index in [9.17, 15) is 19.8 Å². The number of amides is 1. The molecule has 0 heterocycles. The fourth-order valence-electron chi connectivity index (χ4n) is 9.06. The Morgan fingerprint density at radius 2 is 0.761 bits per heavy atom. The lowest BCUT2D eigenvalue weighted by molar-refractivity contribution is -0.143. The monoisotopic (exact) mass is 942 g/mol. The van der Waals surface area contributed by atoms with Gasteiger partial charge in [-0.1, -0.05) is 262 Å². The Kier molecular flexibility index (Phi) is 55.0. The summed E-state index contributed by atoms with van der Waals surface area (Å²) in [4.78, 5) is 24.5. The Labute approximate surface area is 417 Å². The molecule has 0 aliphatic heterocycles. The minimum Gasteiger partial charge on any atom is -0.466 e. The predicted molar refractivity (Wildman–Crippen MR) is 292 cm³/mol. The number of hydrogen-bond acceptors (Lipinski definition) is 5. The number of unbranched alkanes of at least 4 members (excludes halogenated alkanes) is 38. The van der Waals surface area contributed by atoms with Gasteiger partial charge in [0.05, 0.1) is 25.4 Å². The van der Waals surface area contributed by atoms with E-state index in [1.165, 1.54) is 212 Å². The molecule has 0 spiro atoms. The van der Waals surface area contributed by atoms with E-state index in [1.54, 1.807) is 0 Å². The molecule has 6 nitrogen and oxygen atoms in total. The smallest absolute Gasteiger partial charge is 0.305 e. The largest absolute Gasteiger partial charge is 0.466 e. The van der Waals surface area contributed by atoms with Crippen LogP contribution in [0, 0.1) is 0 Å². The number of hydrogen-bond donors (Lipinski definition) is 3. The van der Waals surface area contributed by atoms with Crippen molar-refractivity contribution in [3.63, 3.8) is 0 Å². The molecule has 2 unspecified atom stereocenters. The zero-order chi connectivity index (χ0) is 48.6. The number of nitrogens with one attached hydrogen (secondary N) is 1. The molecule has 394 valence electrons. The van der Waals surface area contributed by atoms with Crippen LogP contribution in [-0.2, 0) is 14.3 Å². The Morgan fingerprint density at radius 1 is 0.418 bits per heavy atom. The summed E-state index contributed by atoms with van der Waals surface area (Å²) in [7, 11) is 0. The van der Waals surface area contributed by atoms with Gasteiger partial charge in [-0.25, -0.2) is 0 Å². The standard InChI is InChI=1S/C61H115NO5/c1-3-5-7-9-11-13-15-17-19-20-23-26-29-33-37-41-45-49-53-59(64)58(57-63)62-60(65)54-50-46-42-38-34-30-27-24-21-22-25-28-32-36-40-44-48-52-56-67-61(66)55-51-47-43-39-35-31-18-16-14-12-10-8-6-4-2/h10,12,16,18,24,27,58-59,63-64H,3-9,11,13-15,17,19-23,25-26,28-57H2,1-2H3,(H,62,65)/b12-10-,18-16-,27-24-. The summed E-state index contributed by atoms with van der Waals surface area (Å²) in [6, 6.07) is -0.553. The van der Waals surface area contributed by atoms with Crippen LogP contribution in [0.5, 0.6) is 0 Å². The van der Waals surface area contributed by atoms with Gasteiger partial charge in [0, 0.05) is 12.8 Å². The average molecular weight is 943 g/mol. The number of aliphatic hydroxyl groups is 2. The molecule has 0 aliphatic carbocycles. The van der Waals surface area contributed by atoms with Gasteiger partial charge >= 0.3 is 5.97 Å². The number of carbonyl (C=O) groups is 2. The van der Waals surface area contributed by atoms with Crippen LogP contribution in [0.15, 0.2) is 36.5 Å². The first-order valence-corrected chi connectivity index (χ1v) is 29.7. The Bertz CT molecular complexity index is 1090. The normalized spacial score (nSPS) is 12.8. The van der Waals surface area contributed by atoms with Gasteiger partial charge in [-0.2, -0.15) is 0 Å². The van der Waals surface area contributed by atoms with Crippen LogP contribution in [-0.4, -0.2) is 47.4 Å². The van der Waals surface area contributed by atoms with Crippen LogP contribution >= 0.6 is 0 Å². The fourth-order valence-corrected chi connectivity index (χ4v) is 9.06. The van der Waals surface area contributed by atoms with Crippen molar-refractivity contribution in [2.24, 2.45) is 0 Å². The summed E-state index contributed by atoms with van der Waals surface area (Å²) in [6.07, 6.45) is 69.9. The van der Waals surface area contributed by atoms with Crippen molar-refractivity contribution in [3.8, 4) is 0 Å². The van der Waals surface area contributed by atoms with Gasteiger partial charge < -0.3 is 20.3 Å². The van der Waals surface area contributed by atoms with Crippen LogP contribution < -0.4 is 5.32 Å². The summed E-state index contributed by atoms with van der Waals surface area (Å²) in [6.45, 7) is 4.90. The van der Waals surface area contributed by atoms with Crippen LogP contribution in [0.25, 0.3) is 0 Å². The van der Waals surface area contributed by atoms with Crippen LogP contribution in [0.1, 0.15) is 316 Å². The van der Waals surface area contributed by atoms with Gasteiger partial charge in [0.2, 0.25) is 5.91 Å². The summed E-state index contributed by atoms with van der Waals surface area (Å²) in [5.41, 5.74) is 0. The molecule has 6 heteroatoms. The van der Waals surface area contributed by atoms with Crippen molar-refractivity contribution in [1.29, 1.82) is 0 Å². The van der Waals surface area contributed by atoms with E-state index in [1.807, 2.05) is 0 Å². The molecule has 0 radical (unpaired) electrons. The van der Waals surface area contributed by atoms with E-state index in [2.05, 4.69) is 55.6 Å². The highest BCUT2D eigenvalue weighted by Gasteiger charge is 2.20. The van der Waals surface area contributed by atoms with Gasteiger partial charge in [0.25, 0.3) is 0 Å². The Hall–Kier alpha value is -1.92. The number of allylic oxidation sites excluding steroid dienone is 6. The van der Waals surface area contributed by atoms with Crippen molar-refractivity contribution in [2.45, 2.75) is 328 Å². The highest BCUT2D eigenvalue weighted by Crippen LogP contribution is 2.17. The molecule has 2 atom stereocenters. The number of rotatable bonds is 55. The molecular weight excluding hydrogens is 827 g/mol. The van der Waals surface area contributed by atoms with Gasteiger partial charge in [0.1, 0.15) is 0 Å². The van der Waals surface area contributed by atoms with E-state index in [0.29, 0.717) is 25.9 Å². The third-order valence-electron chi connectivity index (χ3n) is 13.7. The average Bonchev–Trinajstić information content (AvgIpc) is 3.33. The predicted octanol–water partition coefficient (Wildman–Crippen LogP) is 18.4. The first-order valence-electron chi connectivity index (χ1n) is 29.7. The number of carbonyl (C=O) groups excluding carboxylic acids is 2. The highest BCUT2D eigenvalue weighted by molar-refractivity contribution is 5.76. The van der Waals surface area contributed by atoms with Crippen LogP contribution in [0.4, 0.5) is 0 Å². The van der Waals surface area contributed by atoms with E-state index >= 15 is 0 Å². The molecule has 0 rings (SSSR count). The maximum Gasteiger partial charge on any atom is 0.305 e. The van der Waals surface area contributed by atoms with Crippen molar-refractivity contribution in [3.05, 3.63) is 36.5 Å². The molecule has 0 fully saturated rings. The minimum atomic E-state index is -0.674. The zero-order valence-corrected chi connectivity index (χ0v) is 44.9. The molecule has 0 aromatic heterocycles. The van der Waals surface area contributed by atoms with Gasteiger partial charge in [-0.05, 0) is 77.0 Å². The summed E-state index contributed by atoms with van der Waals surface area (Å²) in [5, 5.41) is 23.3. The van der Waals surface area contributed by atoms with Crippen molar-refractivity contribution in [1.82, 2.24) is 5.32 Å². The van der Waals surface area contributed by atoms with Crippen molar-refractivity contribution in [2.75, 3.05) is 13.2 Å². The first-order chi connectivity index (χ1) is 33.0. The molecule has 67 heavy (non-hydrogen) atoms. The van der Waals surface area contributed by atoms with E-state index < -0.39 is 12.1 Å². The lowest BCUT2D eigenvalue weighted by atomic mass is 10.0. The van der Waals surface area contributed by atoms with Crippen molar-refractivity contribution < 1.29 is 24.5 Å². The van der Waals surface area contributed by atoms with Gasteiger partial charge in [-0.15, -0.1) is 0 Å². The molecule has 0 saturated carbocycles. The molecule has 0 saturated heterocycles. The summed E-state index contributed by atoms with van der Waals surface area (Å²) < 4.78 is 5.46. The SMILES string of the molecule is CCCC/C=C\C/C=C\CCCCCCCC(=O)OCCCCCCCCCCC/C=C\CCCCCCCC(=O)NC(CO)C(O)CCCCCCCCCCCCCCCCCCCC. The van der Waals surface area contributed by atoms with Crippen molar-refractivity contribution >= 4 is 11.9 Å². The van der Waals surface area contributed by atoms with Gasteiger partial charge in [-0.3, -0.25) is 9.59 Å². The van der Waals surface area contributed by atoms with Crippen LogP contribution in [0.2, 0.25) is 0 Å². The minimum absolute atomic E-state index is 0.0116. The summed E-state index contributed by atoms with van der Waals surface area (Å²) in [5.74, 6) is -0.0595. The van der Waals surface area contributed by atoms with Gasteiger partial charge in [0.15, 0.2) is 0 Å². The molecule has 1 amide bonds. The summed E-state index contributed by atoms with van der Waals surface area (Å²) >= 11 is 0. The van der Waals surface area contributed by atoms with E-state index in [0.717, 1.165) is 70.6 Å². The second kappa shape index (κ2) is 56.7. The third-order valence-corrected chi connectivity index (χ3v) is 13.7. The maximum absolute atomic E-state index is 12.5. The lowest BCUT2D eigenvalue weighted by Crippen LogP contribution is -2.45. The molecule has 0 aliphatic rings. The second-order valence-corrected chi connectivity index (χ2v) is 20.3. The fraction of sp³-hybridized carbons (Fsp3) is 0.869. The molecule has 0 bridgehead atoms. The highest BCUT2D eigenvalue weighted by atomic mass is 16.5. The first kappa shape index (κ1) is 65.1. The number of esters is 1. The third kappa shape index (κ3) is 53.3. The molecule has 0 aromatic carbocycles. The quantitative estimate of drug-likeness (QED) is 0.0321. The number of ether oxygens (including phenoxy) is 1. The lowest BCUT2D eigenvalue weighted by Gasteiger charge is -2.22. The Morgan fingerprint density at radius 3 is 1.19 bits per heavy atom. The molecular formula is C61H115NO5. The topological polar surface area (TPSA) is 95.9 Å². The Balaban J connectivity index is 3.46.